The number of hydrogen-bond donors (Lipinski definition) is 2. The highest BCUT2D eigenvalue weighted by atomic mass is 32.2. The van der Waals surface area contributed by atoms with E-state index in [0.29, 0.717) is 18.9 Å². The molecule has 1 aromatic carbocycles. The van der Waals surface area contributed by atoms with Crippen LogP contribution in [0, 0.1) is 6.92 Å². The van der Waals surface area contributed by atoms with Crippen LogP contribution in [0.5, 0.6) is 0 Å². The normalized spacial score (nSPS) is 11.5. The molecule has 2 aromatic rings. The molecule has 0 aliphatic heterocycles. The summed E-state index contributed by atoms with van der Waals surface area (Å²) in [4.78, 5) is 19.9. The van der Waals surface area contributed by atoms with Gasteiger partial charge in [0.2, 0.25) is 0 Å². The first-order chi connectivity index (χ1) is 13.1. The van der Waals surface area contributed by atoms with E-state index in [4.69, 9.17) is 0 Å². The highest BCUT2D eigenvalue weighted by molar-refractivity contribution is 7.92. The van der Waals surface area contributed by atoms with E-state index in [0.717, 1.165) is 12.1 Å². The Bertz CT molecular complexity index is 927. The number of aromatic carboxylic acids is 1. The van der Waals surface area contributed by atoms with Crippen LogP contribution >= 0.6 is 0 Å². The molecule has 8 nitrogen and oxygen atoms in total. The van der Waals surface area contributed by atoms with Gasteiger partial charge in [0.25, 0.3) is 10.0 Å². The lowest BCUT2D eigenvalue weighted by Crippen LogP contribution is -2.33. The quantitative estimate of drug-likeness (QED) is 0.658. The zero-order valence-electron chi connectivity index (χ0n) is 16.5. The van der Waals surface area contributed by atoms with Crippen molar-refractivity contribution in [3.8, 4) is 0 Å². The van der Waals surface area contributed by atoms with E-state index in [2.05, 4.69) is 9.71 Å². The number of aryl methyl sites for hydroxylation is 1. The van der Waals surface area contributed by atoms with E-state index in [1.165, 1.54) is 24.4 Å². The van der Waals surface area contributed by atoms with E-state index in [-0.39, 0.29) is 16.1 Å². The summed E-state index contributed by atoms with van der Waals surface area (Å²) in [6.07, 6.45) is 1.34. The van der Waals surface area contributed by atoms with E-state index < -0.39 is 16.0 Å². The molecule has 2 rings (SSSR count). The van der Waals surface area contributed by atoms with Crippen LogP contribution in [-0.2, 0) is 10.0 Å². The maximum atomic E-state index is 12.5. The average molecular weight is 407 g/mol. The first-order valence-electron chi connectivity index (χ1n) is 8.86. The van der Waals surface area contributed by atoms with Gasteiger partial charge in [-0.1, -0.05) is 17.7 Å². The lowest BCUT2D eigenvalue weighted by molar-refractivity contribution is 0.0697. The standard InChI is InChI=1S/C19H26N4O4S/c1-5-23(11-10-22(3)4)18-17(19(24)25)12-15(13-20-18)21-28(26,27)16-8-6-14(2)7-9-16/h6-9,12-13,21H,5,10-11H2,1-4H3,(H,24,25). The van der Waals surface area contributed by atoms with Gasteiger partial charge in [-0.25, -0.2) is 18.2 Å². The number of aromatic nitrogens is 1. The van der Waals surface area contributed by atoms with Crippen molar-refractivity contribution in [1.82, 2.24) is 9.88 Å². The number of likely N-dealkylation sites (N-methyl/N-ethyl adjacent to an activating group) is 2. The molecule has 0 unspecified atom stereocenters. The largest absolute Gasteiger partial charge is 0.478 e. The molecule has 1 aromatic heterocycles. The number of nitrogens with one attached hydrogen (secondary N) is 1. The smallest absolute Gasteiger partial charge is 0.339 e. The molecule has 0 saturated heterocycles. The summed E-state index contributed by atoms with van der Waals surface area (Å²) < 4.78 is 27.5. The summed E-state index contributed by atoms with van der Waals surface area (Å²) in [6, 6.07) is 7.69. The Labute approximate surface area is 165 Å². The Hall–Kier alpha value is -2.65. The number of nitrogens with zero attached hydrogens (tertiary/aromatic N) is 3. The summed E-state index contributed by atoms with van der Waals surface area (Å²) in [5.74, 6) is -0.850. The molecule has 0 radical (unpaired) electrons. The molecule has 0 fully saturated rings. The molecular formula is C19H26N4O4S. The minimum atomic E-state index is -3.84. The number of carboxylic acid groups (broad SMARTS) is 1. The van der Waals surface area contributed by atoms with E-state index in [1.807, 2.05) is 37.7 Å². The first kappa shape index (κ1) is 21.6. The van der Waals surface area contributed by atoms with Gasteiger partial charge < -0.3 is 14.9 Å². The molecule has 0 aliphatic rings. The van der Waals surface area contributed by atoms with E-state index >= 15 is 0 Å². The van der Waals surface area contributed by atoms with Gasteiger partial charge in [-0.2, -0.15) is 0 Å². The third-order valence-electron chi connectivity index (χ3n) is 4.18. The highest BCUT2D eigenvalue weighted by Crippen LogP contribution is 2.23. The molecule has 0 spiro atoms. The second kappa shape index (κ2) is 9.03. The van der Waals surface area contributed by atoms with Gasteiger partial charge in [-0.3, -0.25) is 4.72 Å². The van der Waals surface area contributed by atoms with E-state index in [9.17, 15) is 18.3 Å². The Balaban J connectivity index is 2.33. The zero-order chi connectivity index (χ0) is 20.9. The van der Waals surface area contributed by atoms with Gasteiger partial charge in [0.05, 0.1) is 16.8 Å². The van der Waals surface area contributed by atoms with Crippen molar-refractivity contribution in [3.05, 3.63) is 47.7 Å². The van der Waals surface area contributed by atoms with Crippen molar-refractivity contribution in [2.24, 2.45) is 0 Å². The molecule has 1 heterocycles. The predicted octanol–water partition coefficient (Wildman–Crippen LogP) is 2.28. The summed E-state index contributed by atoms with van der Waals surface area (Å²) >= 11 is 0. The molecule has 0 bridgehead atoms. The number of hydrogen-bond acceptors (Lipinski definition) is 6. The Kier molecular flexibility index (Phi) is 6.98. The Morgan fingerprint density at radius 3 is 2.36 bits per heavy atom. The Morgan fingerprint density at radius 2 is 1.82 bits per heavy atom. The summed E-state index contributed by atoms with van der Waals surface area (Å²) in [7, 11) is 0.0299. The lowest BCUT2D eigenvalue weighted by atomic mass is 10.2. The van der Waals surface area contributed by atoms with Gasteiger partial charge in [-0.15, -0.1) is 0 Å². The van der Waals surface area contributed by atoms with Crippen LogP contribution < -0.4 is 9.62 Å². The average Bonchev–Trinajstić information content (AvgIpc) is 2.62. The van der Waals surface area contributed by atoms with Crippen molar-refractivity contribution in [3.63, 3.8) is 0 Å². The van der Waals surface area contributed by atoms with Crippen LogP contribution in [0.3, 0.4) is 0 Å². The molecule has 0 amide bonds. The predicted molar refractivity (Wildman–Crippen MR) is 110 cm³/mol. The second-order valence-corrected chi connectivity index (χ2v) is 8.38. The third-order valence-corrected chi connectivity index (χ3v) is 5.58. The molecule has 0 atom stereocenters. The maximum Gasteiger partial charge on any atom is 0.339 e. The number of rotatable bonds is 9. The van der Waals surface area contributed by atoms with E-state index in [1.54, 1.807) is 12.1 Å². The summed E-state index contributed by atoms with van der Waals surface area (Å²) in [5, 5.41) is 9.60. The number of carbonyl (C=O) groups is 1. The van der Waals surface area contributed by atoms with Crippen LogP contribution in [0.25, 0.3) is 0 Å². The zero-order valence-corrected chi connectivity index (χ0v) is 17.3. The minimum absolute atomic E-state index is 0.0512. The number of benzene rings is 1. The molecule has 28 heavy (non-hydrogen) atoms. The summed E-state index contributed by atoms with van der Waals surface area (Å²) in [6.45, 7) is 5.69. The van der Waals surface area contributed by atoms with Crippen molar-refractivity contribution in [2.75, 3.05) is 43.4 Å². The topological polar surface area (TPSA) is 103 Å². The minimum Gasteiger partial charge on any atom is -0.478 e. The molecule has 9 heteroatoms. The van der Waals surface area contributed by atoms with Gasteiger partial charge in [0.15, 0.2) is 0 Å². The number of pyridine rings is 1. The highest BCUT2D eigenvalue weighted by Gasteiger charge is 2.20. The third kappa shape index (κ3) is 5.43. The Morgan fingerprint density at radius 1 is 1.18 bits per heavy atom. The molecular weight excluding hydrogens is 380 g/mol. The van der Waals surface area contributed by atoms with Crippen molar-refractivity contribution >= 4 is 27.5 Å². The SMILES string of the molecule is CCN(CCN(C)C)c1ncc(NS(=O)(=O)c2ccc(C)cc2)cc1C(=O)O. The van der Waals surface area contributed by atoms with Crippen molar-refractivity contribution in [1.29, 1.82) is 0 Å². The van der Waals surface area contributed by atoms with Crippen LogP contribution in [0.1, 0.15) is 22.8 Å². The first-order valence-corrected chi connectivity index (χ1v) is 10.3. The second-order valence-electron chi connectivity index (χ2n) is 6.70. The molecule has 0 aliphatic carbocycles. The van der Waals surface area contributed by atoms with Crippen LogP contribution in [0.2, 0.25) is 0 Å². The molecule has 2 N–H and O–H groups in total. The van der Waals surface area contributed by atoms with Gasteiger partial charge >= 0.3 is 5.97 Å². The number of anilines is 2. The monoisotopic (exact) mass is 406 g/mol. The fourth-order valence-corrected chi connectivity index (χ4v) is 3.62. The number of sulfonamides is 1. The van der Waals surface area contributed by atoms with Gasteiger partial charge in [0, 0.05) is 19.6 Å². The van der Waals surface area contributed by atoms with Gasteiger partial charge in [-0.05, 0) is 46.1 Å². The van der Waals surface area contributed by atoms with Crippen molar-refractivity contribution < 1.29 is 18.3 Å². The van der Waals surface area contributed by atoms with Crippen LogP contribution in [0.4, 0.5) is 11.5 Å². The maximum absolute atomic E-state index is 12.5. The number of carboxylic acids is 1. The molecule has 152 valence electrons. The van der Waals surface area contributed by atoms with Crippen LogP contribution in [-0.4, -0.2) is 63.1 Å². The summed E-state index contributed by atoms with van der Waals surface area (Å²) in [5.41, 5.74) is 0.991. The van der Waals surface area contributed by atoms with Crippen LogP contribution in [0.15, 0.2) is 41.4 Å². The fourth-order valence-electron chi connectivity index (χ4n) is 2.59. The van der Waals surface area contributed by atoms with Gasteiger partial charge in [0.1, 0.15) is 11.4 Å². The fraction of sp³-hybridized carbons (Fsp3) is 0.368. The van der Waals surface area contributed by atoms with Crippen molar-refractivity contribution in [2.45, 2.75) is 18.7 Å². The lowest BCUT2D eigenvalue weighted by Gasteiger charge is -2.25. The molecule has 0 saturated carbocycles.